The minimum Gasteiger partial charge on any atom is -0.380 e. The molecule has 3 rings (SSSR count). The zero-order valence-electron chi connectivity index (χ0n) is 14.5. The first-order chi connectivity index (χ1) is 12.3. The van der Waals surface area contributed by atoms with Crippen LogP contribution in [0, 0.1) is 18.8 Å². The van der Waals surface area contributed by atoms with Gasteiger partial charge in [0.15, 0.2) is 0 Å². The maximum Gasteiger partial charge on any atom is 0.137 e. The van der Waals surface area contributed by atoms with Crippen LogP contribution in [-0.4, -0.2) is 23.6 Å². The van der Waals surface area contributed by atoms with E-state index in [0.717, 1.165) is 40.8 Å². The molecular weight excluding hydrogens is 310 g/mol. The van der Waals surface area contributed by atoms with E-state index in [1.807, 2.05) is 24.3 Å². The molecule has 1 N–H and O–H groups in total. The molecule has 4 nitrogen and oxygen atoms in total. The predicted molar refractivity (Wildman–Crippen MR) is 101 cm³/mol. The minimum atomic E-state index is 0.580. The molecule has 0 radical (unpaired) electrons. The molecule has 0 fully saturated rings. The van der Waals surface area contributed by atoms with Crippen molar-refractivity contribution in [2.45, 2.75) is 20.0 Å². The van der Waals surface area contributed by atoms with Crippen LogP contribution in [0.25, 0.3) is 10.9 Å². The molecule has 3 aromatic rings. The molecule has 126 valence electrons. The summed E-state index contributed by atoms with van der Waals surface area (Å²) in [6.07, 6.45) is 2.32. The van der Waals surface area contributed by atoms with Crippen molar-refractivity contribution in [3.8, 4) is 11.8 Å². The van der Waals surface area contributed by atoms with Crippen molar-refractivity contribution >= 4 is 16.7 Å². The van der Waals surface area contributed by atoms with Gasteiger partial charge in [0.25, 0.3) is 0 Å². The molecule has 0 amide bonds. The number of aryl methyl sites for hydroxylation is 1. The maximum atomic E-state index is 5.26. The first kappa shape index (κ1) is 16.9. The van der Waals surface area contributed by atoms with Crippen LogP contribution in [0.1, 0.15) is 23.1 Å². The van der Waals surface area contributed by atoms with Gasteiger partial charge in [-0.25, -0.2) is 9.97 Å². The Bertz CT molecular complexity index is 920. The van der Waals surface area contributed by atoms with Crippen molar-refractivity contribution in [1.82, 2.24) is 9.97 Å². The summed E-state index contributed by atoms with van der Waals surface area (Å²) in [7, 11) is 1.70. The first-order valence-corrected chi connectivity index (χ1v) is 8.29. The van der Waals surface area contributed by atoms with Crippen LogP contribution in [0.3, 0.4) is 0 Å². The second-order valence-corrected chi connectivity index (χ2v) is 5.81. The van der Waals surface area contributed by atoms with Crippen LogP contribution in [0.4, 0.5) is 5.82 Å². The van der Waals surface area contributed by atoms with Gasteiger partial charge in [0, 0.05) is 31.0 Å². The molecule has 0 bridgehead atoms. The Morgan fingerprint density at radius 1 is 1.12 bits per heavy atom. The number of para-hydroxylation sites is 1. The molecule has 0 saturated heterocycles. The monoisotopic (exact) mass is 331 g/mol. The van der Waals surface area contributed by atoms with Gasteiger partial charge in [-0.3, -0.25) is 0 Å². The molecule has 4 heteroatoms. The van der Waals surface area contributed by atoms with Crippen LogP contribution in [0.15, 0.2) is 48.8 Å². The summed E-state index contributed by atoms with van der Waals surface area (Å²) in [6.45, 7) is 3.39. The van der Waals surface area contributed by atoms with Crippen LogP contribution in [-0.2, 0) is 11.3 Å². The summed E-state index contributed by atoms with van der Waals surface area (Å²) in [5, 5.41) is 4.37. The molecule has 0 unspecified atom stereocenters. The quantitative estimate of drug-likeness (QED) is 0.568. The normalized spacial score (nSPS) is 10.3. The average Bonchev–Trinajstić information content (AvgIpc) is 2.63. The van der Waals surface area contributed by atoms with Gasteiger partial charge in [0.05, 0.1) is 12.1 Å². The van der Waals surface area contributed by atoms with Gasteiger partial charge < -0.3 is 10.1 Å². The summed E-state index contributed by atoms with van der Waals surface area (Å²) < 4.78 is 5.26. The van der Waals surface area contributed by atoms with Crippen molar-refractivity contribution in [3.63, 3.8) is 0 Å². The van der Waals surface area contributed by atoms with Gasteiger partial charge in [-0.2, -0.15) is 0 Å². The van der Waals surface area contributed by atoms with Gasteiger partial charge >= 0.3 is 0 Å². The lowest BCUT2D eigenvalue weighted by Gasteiger charge is -2.06. The van der Waals surface area contributed by atoms with Crippen LogP contribution in [0.2, 0.25) is 0 Å². The number of ether oxygens (including phenoxy) is 1. The van der Waals surface area contributed by atoms with Gasteiger partial charge in [0.2, 0.25) is 0 Å². The fourth-order valence-corrected chi connectivity index (χ4v) is 2.67. The van der Waals surface area contributed by atoms with Gasteiger partial charge in [-0.15, -0.1) is 0 Å². The summed E-state index contributed by atoms with van der Waals surface area (Å²) in [5.74, 6) is 7.32. The van der Waals surface area contributed by atoms with E-state index >= 15 is 0 Å². The third kappa shape index (κ3) is 4.34. The number of hydrogen-bond acceptors (Lipinski definition) is 4. The van der Waals surface area contributed by atoms with Crippen molar-refractivity contribution in [3.05, 3.63) is 65.5 Å². The average molecular weight is 331 g/mol. The van der Waals surface area contributed by atoms with Crippen molar-refractivity contribution in [2.24, 2.45) is 0 Å². The van der Waals surface area contributed by atoms with E-state index in [2.05, 4.69) is 52.2 Å². The number of nitrogens with zero attached hydrogens (tertiary/aromatic N) is 2. The molecular formula is C21H21N3O. The molecule has 0 aliphatic heterocycles. The zero-order valence-corrected chi connectivity index (χ0v) is 14.5. The van der Waals surface area contributed by atoms with E-state index in [1.54, 1.807) is 13.4 Å². The molecule has 0 spiro atoms. The Kier molecular flexibility index (Phi) is 5.61. The Balaban J connectivity index is 1.63. The second-order valence-electron chi connectivity index (χ2n) is 5.81. The fraction of sp³-hybridized carbons (Fsp3) is 0.238. The van der Waals surface area contributed by atoms with Gasteiger partial charge in [0.1, 0.15) is 12.1 Å². The van der Waals surface area contributed by atoms with Gasteiger partial charge in [-0.05, 0) is 30.7 Å². The molecule has 1 heterocycles. The predicted octanol–water partition coefficient (Wildman–Crippen LogP) is 3.94. The smallest absolute Gasteiger partial charge is 0.137 e. The van der Waals surface area contributed by atoms with Crippen LogP contribution < -0.4 is 5.32 Å². The molecule has 1 aromatic heterocycles. The largest absolute Gasteiger partial charge is 0.380 e. The number of benzene rings is 2. The van der Waals surface area contributed by atoms with Crippen LogP contribution >= 0.6 is 0 Å². The zero-order chi connectivity index (χ0) is 17.5. The van der Waals surface area contributed by atoms with Crippen molar-refractivity contribution < 1.29 is 4.74 Å². The Morgan fingerprint density at radius 2 is 2.00 bits per heavy atom. The fourth-order valence-electron chi connectivity index (χ4n) is 2.67. The summed E-state index contributed by atoms with van der Waals surface area (Å²) in [6, 6.07) is 14.2. The van der Waals surface area contributed by atoms with Gasteiger partial charge in [-0.1, -0.05) is 41.7 Å². The first-order valence-electron chi connectivity index (χ1n) is 8.29. The lowest BCUT2D eigenvalue weighted by atomic mass is 10.1. The highest BCUT2D eigenvalue weighted by atomic mass is 16.5. The summed E-state index contributed by atoms with van der Waals surface area (Å²) in [5.41, 5.74) is 4.31. The maximum absolute atomic E-state index is 5.26. The third-order valence-corrected chi connectivity index (χ3v) is 3.87. The van der Waals surface area contributed by atoms with E-state index in [0.29, 0.717) is 6.61 Å². The molecule has 0 aliphatic rings. The van der Waals surface area contributed by atoms with E-state index in [9.17, 15) is 0 Å². The topological polar surface area (TPSA) is 47.0 Å². The Hall–Kier alpha value is -2.90. The second kappa shape index (κ2) is 8.27. The van der Waals surface area contributed by atoms with E-state index in [4.69, 9.17) is 4.74 Å². The van der Waals surface area contributed by atoms with Crippen molar-refractivity contribution in [1.29, 1.82) is 0 Å². The van der Waals surface area contributed by atoms with E-state index < -0.39 is 0 Å². The van der Waals surface area contributed by atoms with E-state index in [-0.39, 0.29) is 0 Å². The number of hydrogen-bond donors (Lipinski definition) is 1. The molecule has 0 atom stereocenters. The van der Waals surface area contributed by atoms with Crippen molar-refractivity contribution in [2.75, 3.05) is 19.0 Å². The Morgan fingerprint density at radius 3 is 2.88 bits per heavy atom. The molecule has 2 aromatic carbocycles. The highest BCUT2D eigenvalue weighted by molar-refractivity contribution is 5.88. The Labute approximate surface area is 148 Å². The number of anilines is 1. The SMILES string of the molecule is COCc1cc(C)ccc1C#CCCNc1ncnc2ccccc12. The highest BCUT2D eigenvalue weighted by Gasteiger charge is 2.02. The lowest BCUT2D eigenvalue weighted by Crippen LogP contribution is -2.03. The standard InChI is InChI=1S/C21H21N3O/c1-16-10-11-17(18(13-16)14-25-2)7-5-6-12-22-21-19-8-3-4-9-20(19)23-15-24-21/h3-4,8-11,13,15H,6,12,14H2,1-2H3,(H,22,23,24). The number of fused-ring (bicyclic) bond motifs is 1. The third-order valence-electron chi connectivity index (χ3n) is 3.87. The lowest BCUT2D eigenvalue weighted by molar-refractivity contribution is 0.184. The molecule has 0 saturated carbocycles. The number of aromatic nitrogens is 2. The van der Waals surface area contributed by atoms with E-state index in [1.165, 1.54) is 5.56 Å². The number of rotatable bonds is 5. The number of nitrogens with one attached hydrogen (secondary N) is 1. The molecule has 25 heavy (non-hydrogen) atoms. The molecule has 0 aliphatic carbocycles. The summed E-state index contributed by atoms with van der Waals surface area (Å²) >= 11 is 0. The highest BCUT2D eigenvalue weighted by Crippen LogP contribution is 2.18. The minimum absolute atomic E-state index is 0.580. The summed E-state index contributed by atoms with van der Waals surface area (Å²) in [4.78, 5) is 8.59. The number of methoxy groups -OCH3 is 1. The van der Waals surface area contributed by atoms with Crippen LogP contribution in [0.5, 0.6) is 0 Å².